The Kier molecular flexibility index (Phi) is 6.27. The van der Waals surface area contributed by atoms with Gasteiger partial charge in [0.25, 0.3) is 0 Å². The van der Waals surface area contributed by atoms with Crippen molar-refractivity contribution in [2.75, 3.05) is 18.6 Å². The van der Waals surface area contributed by atoms with Crippen LogP contribution in [-0.2, 0) is 30.1 Å². The largest absolute Gasteiger partial charge is 0.496 e. The van der Waals surface area contributed by atoms with E-state index in [0.29, 0.717) is 30.2 Å². The molecule has 1 saturated heterocycles. The normalized spacial score (nSPS) is 17.8. The van der Waals surface area contributed by atoms with Crippen molar-refractivity contribution in [2.24, 2.45) is 7.05 Å². The van der Waals surface area contributed by atoms with Gasteiger partial charge in [-0.05, 0) is 36.3 Å². The van der Waals surface area contributed by atoms with E-state index in [9.17, 15) is 8.42 Å². The number of nitrogens with zero attached hydrogens (tertiary/aromatic N) is 4. The van der Waals surface area contributed by atoms with Gasteiger partial charge in [0.05, 0.1) is 30.8 Å². The summed E-state index contributed by atoms with van der Waals surface area (Å²) in [5.74, 6) is 1.82. The first-order chi connectivity index (χ1) is 14.9. The molecule has 4 rings (SSSR count). The second-order valence-electron chi connectivity index (χ2n) is 7.80. The van der Waals surface area contributed by atoms with Gasteiger partial charge in [-0.3, -0.25) is 4.90 Å². The zero-order valence-corrected chi connectivity index (χ0v) is 19.3. The highest BCUT2D eigenvalue weighted by Crippen LogP contribution is 2.28. The lowest BCUT2D eigenvalue weighted by atomic mass is 10.1. The summed E-state index contributed by atoms with van der Waals surface area (Å²) >= 11 is 5.67. The SMILES string of the molecule is COc1ccccc1-c1nn(CN(Cc2ccccc2)[C@@H]2CCS(=O)(=O)C2)c(=S)n1C. The number of rotatable bonds is 7. The smallest absolute Gasteiger partial charge is 0.199 e. The first-order valence-corrected chi connectivity index (χ1v) is 12.4. The van der Waals surface area contributed by atoms with Crippen LogP contribution in [0.2, 0.25) is 0 Å². The molecule has 0 aliphatic carbocycles. The molecule has 0 radical (unpaired) electrons. The molecule has 0 amide bonds. The molecule has 1 aromatic heterocycles. The van der Waals surface area contributed by atoms with Crippen LogP contribution in [0, 0.1) is 4.77 Å². The third-order valence-corrected chi connectivity index (χ3v) is 7.89. The number of hydrogen-bond acceptors (Lipinski definition) is 6. The van der Waals surface area contributed by atoms with Crippen LogP contribution in [0.5, 0.6) is 5.75 Å². The molecule has 0 N–H and O–H groups in total. The van der Waals surface area contributed by atoms with Gasteiger partial charge in [-0.25, -0.2) is 13.1 Å². The Labute approximate surface area is 187 Å². The summed E-state index contributed by atoms with van der Waals surface area (Å²) in [7, 11) is 0.506. The molecule has 2 heterocycles. The molecule has 1 aliphatic heterocycles. The van der Waals surface area contributed by atoms with Crippen molar-refractivity contribution in [1.29, 1.82) is 0 Å². The average Bonchev–Trinajstić information content (AvgIpc) is 3.27. The van der Waals surface area contributed by atoms with E-state index in [0.717, 1.165) is 16.9 Å². The van der Waals surface area contributed by atoms with Crippen LogP contribution in [0.3, 0.4) is 0 Å². The third-order valence-electron chi connectivity index (χ3n) is 5.66. The minimum Gasteiger partial charge on any atom is -0.496 e. The van der Waals surface area contributed by atoms with Crippen LogP contribution in [0.4, 0.5) is 0 Å². The number of ether oxygens (including phenoxy) is 1. The topological polar surface area (TPSA) is 69.4 Å². The molecule has 9 heteroatoms. The molecule has 1 fully saturated rings. The Morgan fingerprint density at radius 3 is 2.55 bits per heavy atom. The maximum absolute atomic E-state index is 12.1. The Balaban J connectivity index is 1.67. The van der Waals surface area contributed by atoms with E-state index in [1.165, 1.54) is 0 Å². The maximum atomic E-state index is 12.1. The Hall–Kier alpha value is -2.49. The number of benzene rings is 2. The summed E-state index contributed by atoms with van der Waals surface area (Å²) in [5.41, 5.74) is 1.98. The molecule has 0 unspecified atom stereocenters. The minimum absolute atomic E-state index is 0.0659. The van der Waals surface area contributed by atoms with Crippen molar-refractivity contribution in [2.45, 2.75) is 25.7 Å². The molecule has 7 nitrogen and oxygen atoms in total. The van der Waals surface area contributed by atoms with Crippen LogP contribution in [-0.4, -0.2) is 52.3 Å². The van der Waals surface area contributed by atoms with Crippen molar-refractivity contribution < 1.29 is 13.2 Å². The molecule has 2 aromatic carbocycles. The highest BCUT2D eigenvalue weighted by Gasteiger charge is 2.33. The molecular weight excluding hydrogens is 432 g/mol. The van der Waals surface area contributed by atoms with Gasteiger partial charge in [-0.2, -0.15) is 5.10 Å². The van der Waals surface area contributed by atoms with E-state index in [1.54, 1.807) is 11.8 Å². The monoisotopic (exact) mass is 458 g/mol. The van der Waals surface area contributed by atoms with Crippen molar-refractivity contribution in [3.63, 3.8) is 0 Å². The summed E-state index contributed by atoms with van der Waals surface area (Å²) in [5, 5.41) is 4.78. The zero-order chi connectivity index (χ0) is 22.0. The maximum Gasteiger partial charge on any atom is 0.199 e. The first-order valence-electron chi connectivity index (χ1n) is 10.1. The Bertz CT molecular complexity index is 1220. The predicted octanol–water partition coefficient (Wildman–Crippen LogP) is 3.27. The molecule has 0 spiro atoms. The van der Waals surface area contributed by atoms with Crippen molar-refractivity contribution in [1.82, 2.24) is 19.2 Å². The fraction of sp³-hybridized carbons (Fsp3) is 0.364. The van der Waals surface area contributed by atoms with Gasteiger partial charge in [0.2, 0.25) is 0 Å². The van der Waals surface area contributed by atoms with Crippen LogP contribution >= 0.6 is 12.2 Å². The number of para-hydroxylation sites is 1. The fourth-order valence-electron chi connectivity index (χ4n) is 3.99. The van der Waals surface area contributed by atoms with Crippen molar-refractivity contribution >= 4 is 22.1 Å². The Morgan fingerprint density at radius 2 is 1.87 bits per heavy atom. The molecule has 0 saturated carbocycles. The van der Waals surface area contributed by atoms with E-state index < -0.39 is 9.84 Å². The second kappa shape index (κ2) is 8.94. The highest BCUT2D eigenvalue weighted by atomic mass is 32.2. The van der Waals surface area contributed by atoms with E-state index in [2.05, 4.69) is 17.0 Å². The average molecular weight is 459 g/mol. The zero-order valence-electron chi connectivity index (χ0n) is 17.6. The van der Waals surface area contributed by atoms with E-state index in [4.69, 9.17) is 22.1 Å². The number of methoxy groups -OCH3 is 1. The van der Waals surface area contributed by atoms with Gasteiger partial charge in [-0.15, -0.1) is 0 Å². The van der Waals surface area contributed by atoms with Crippen LogP contribution < -0.4 is 4.74 Å². The lowest BCUT2D eigenvalue weighted by molar-refractivity contribution is 0.146. The summed E-state index contributed by atoms with van der Waals surface area (Å²) < 4.78 is 34.0. The van der Waals surface area contributed by atoms with Gasteiger partial charge in [0.1, 0.15) is 5.75 Å². The Morgan fingerprint density at radius 1 is 1.16 bits per heavy atom. The van der Waals surface area contributed by atoms with Crippen LogP contribution in [0.25, 0.3) is 11.4 Å². The van der Waals surface area contributed by atoms with Crippen LogP contribution in [0.1, 0.15) is 12.0 Å². The second-order valence-corrected chi connectivity index (χ2v) is 10.4. The third kappa shape index (κ3) is 4.73. The number of hydrogen-bond donors (Lipinski definition) is 0. The predicted molar refractivity (Wildman–Crippen MR) is 123 cm³/mol. The molecule has 1 atom stereocenters. The van der Waals surface area contributed by atoms with Gasteiger partial charge in [-0.1, -0.05) is 42.5 Å². The standard InChI is InChI=1S/C22H26N4O3S2/c1-24-21(19-10-6-7-11-20(19)29-2)23-26(22(24)30)16-25(14-17-8-4-3-5-9-17)18-12-13-31(27,28)15-18/h3-11,18H,12-16H2,1-2H3/t18-/m1/s1. The van der Waals surface area contributed by atoms with E-state index >= 15 is 0 Å². The van der Waals surface area contributed by atoms with E-state index in [-0.39, 0.29) is 17.5 Å². The van der Waals surface area contributed by atoms with Crippen molar-refractivity contribution in [3.05, 3.63) is 64.9 Å². The molecular formula is C22H26N4O3S2. The quantitative estimate of drug-likeness (QED) is 0.506. The molecule has 31 heavy (non-hydrogen) atoms. The molecule has 3 aromatic rings. The first kappa shape index (κ1) is 21.7. The number of aromatic nitrogens is 3. The van der Waals surface area contributed by atoms with Gasteiger partial charge in [0.15, 0.2) is 20.4 Å². The lowest BCUT2D eigenvalue weighted by Gasteiger charge is -2.27. The van der Waals surface area contributed by atoms with Crippen LogP contribution in [0.15, 0.2) is 54.6 Å². The van der Waals surface area contributed by atoms with Crippen molar-refractivity contribution in [3.8, 4) is 17.1 Å². The van der Waals surface area contributed by atoms with Gasteiger partial charge in [0, 0.05) is 19.6 Å². The fourth-order valence-corrected chi connectivity index (χ4v) is 5.94. The summed E-state index contributed by atoms with van der Waals surface area (Å²) in [4.78, 5) is 2.16. The summed E-state index contributed by atoms with van der Waals surface area (Å²) in [6, 6.07) is 17.7. The highest BCUT2D eigenvalue weighted by molar-refractivity contribution is 7.91. The lowest BCUT2D eigenvalue weighted by Crippen LogP contribution is -2.37. The summed E-state index contributed by atoms with van der Waals surface area (Å²) in [6.07, 6.45) is 0.620. The molecule has 1 aliphatic rings. The van der Waals surface area contributed by atoms with E-state index in [1.807, 2.05) is 54.1 Å². The number of sulfone groups is 1. The van der Waals surface area contributed by atoms with Gasteiger partial charge >= 0.3 is 0 Å². The minimum atomic E-state index is -3.01. The molecule has 0 bridgehead atoms. The van der Waals surface area contributed by atoms with Gasteiger partial charge < -0.3 is 9.30 Å². The summed E-state index contributed by atoms with van der Waals surface area (Å²) in [6.45, 7) is 1.04. The molecule has 164 valence electrons.